The van der Waals surface area contributed by atoms with Gasteiger partial charge in [-0.1, -0.05) is 18.7 Å². The SMILES string of the molecule is C=C1C(=O)O[C@@H]2/C=C(/C)[C@@H](O)C/C=C(\CO)C[C@@H](OC(=O)/C(C)=C/C)[C@@H]12. The minimum Gasteiger partial charge on any atom is -0.458 e. The molecule has 0 aromatic carbocycles. The Morgan fingerprint density at radius 2 is 2.19 bits per heavy atom. The van der Waals surface area contributed by atoms with Gasteiger partial charge in [0.25, 0.3) is 0 Å². The van der Waals surface area contributed by atoms with Gasteiger partial charge in [0.15, 0.2) is 0 Å². The van der Waals surface area contributed by atoms with E-state index in [1.54, 1.807) is 39.0 Å². The van der Waals surface area contributed by atoms with Crippen molar-refractivity contribution in [2.45, 2.75) is 51.9 Å². The Balaban J connectivity index is 2.45. The topological polar surface area (TPSA) is 93.1 Å². The summed E-state index contributed by atoms with van der Waals surface area (Å²) in [6.07, 6.45) is 3.50. The summed E-state index contributed by atoms with van der Waals surface area (Å²) in [5.41, 5.74) is 1.95. The summed E-state index contributed by atoms with van der Waals surface area (Å²) < 4.78 is 11.0. The van der Waals surface area contributed by atoms with Gasteiger partial charge in [-0.15, -0.1) is 0 Å². The number of aliphatic hydroxyl groups is 2. The normalized spacial score (nSPS) is 34.1. The number of carbonyl (C=O) groups excluding carboxylic acids is 2. The molecule has 0 spiro atoms. The second-order valence-electron chi connectivity index (χ2n) is 6.72. The lowest BCUT2D eigenvalue weighted by Gasteiger charge is -2.28. The van der Waals surface area contributed by atoms with Crippen molar-refractivity contribution in [1.29, 1.82) is 0 Å². The lowest BCUT2D eigenvalue weighted by atomic mass is 9.85. The second-order valence-corrected chi connectivity index (χ2v) is 6.72. The van der Waals surface area contributed by atoms with E-state index < -0.39 is 36.2 Å². The molecule has 2 aliphatic rings. The Morgan fingerprint density at radius 3 is 2.81 bits per heavy atom. The molecule has 0 radical (unpaired) electrons. The molecule has 1 fully saturated rings. The van der Waals surface area contributed by atoms with Crippen molar-refractivity contribution < 1.29 is 29.3 Å². The van der Waals surface area contributed by atoms with Crippen LogP contribution in [0.4, 0.5) is 0 Å². The van der Waals surface area contributed by atoms with Crippen molar-refractivity contribution in [1.82, 2.24) is 0 Å². The van der Waals surface area contributed by atoms with Crippen molar-refractivity contribution in [3.05, 3.63) is 47.1 Å². The van der Waals surface area contributed by atoms with Gasteiger partial charge in [0, 0.05) is 17.6 Å². The standard InChI is InChI=1S/C20H26O6/c1-5-11(2)19(23)25-17-9-14(10-21)6-7-15(22)12(3)8-16-18(17)13(4)20(24)26-16/h5-6,8,15-18,21-22H,4,7,9-10H2,1-3H3/b11-5+,12-8-,14-6-/t15-,16+,17+,18-/m0/s1. The van der Waals surface area contributed by atoms with Crippen LogP contribution in [0.15, 0.2) is 47.1 Å². The van der Waals surface area contributed by atoms with Gasteiger partial charge in [-0.25, -0.2) is 9.59 Å². The second kappa shape index (κ2) is 8.47. The van der Waals surface area contributed by atoms with E-state index in [1.807, 2.05) is 0 Å². The molecule has 0 bridgehead atoms. The summed E-state index contributed by atoms with van der Waals surface area (Å²) in [5, 5.41) is 19.9. The highest BCUT2D eigenvalue weighted by molar-refractivity contribution is 5.92. The first-order valence-corrected chi connectivity index (χ1v) is 8.67. The predicted molar refractivity (Wildman–Crippen MR) is 96.0 cm³/mol. The van der Waals surface area contributed by atoms with Crippen LogP contribution in [-0.2, 0) is 19.1 Å². The number of allylic oxidation sites excluding steroid dienone is 1. The summed E-state index contributed by atoms with van der Waals surface area (Å²) in [4.78, 5) is 24.4. The highest BCUT2D eigenvalue weighted by atomic mass is 16.6. The van der Waals surface area contributed by atoms with Crippen LogP contribution in [0.3, 0.4) is 0 Å². The molecule has 2 rings (SSSR count). The Bertz CT molecular complexity index is 684. The van der Waals surface area contributed by atoms with Gasteiger partial charge in [-0.05, 0) is 44.4 Å². The molecule has 2 N–H and O–H groups in total. The molecule has 1 saturated heterocycles. The number of rotatable bonds is 3. The first kappa shape index (κ1) is 20.1. The molecular formula is C20H26O6. The van der Waals surface area contributed by atoms with Gasteiger partial charge in [0.2, 0.25) is 0 Å². The first-order valence-electron chi connectivity index (χ1n) is 8.67. The monoisotopic (exact) mass is 362 g/mol. The molecular weight excluding hydrogens is 336 g/mol. The van der Waals surface area contributed by atoms with Gasteiger partial charge in [0.1, 0.15) is 12.2 Å². The summed E-state index contributed by atoms with van der Waals surface area (Å²) in [7, 11) is 0. The molecule has 4 atom stereocenters. The average molecular weight is 362 g/mol. The third-order valence-corrected chi connectivity index (χ3v) is 4.92. The van der Waals surface area contributed by atoms with E-state index in [9.17, 15) is 19.8 Å². The van der Waals surface area contributed by atoms with Gasteiger partial charge in [-0.2, -0.15) is 0 Å². The summed E-state index contributed by atoms with van der Waals surface area (Å²) >= 11 is 0. The molecule has 1 aliphatic heterocycles. The lowest BCUT2D eigenvalue weighted by molar-refractivity contribution is -0.147. The van der Waals surface area contributed by atoms with Gasteiger partial charge >= 0.3 is 11.9 Å². The minimum atomic E-state index is -0.742. The van der Waals surface area contributed by atoms with Crippen molar-refractivity contribution in [3.8, 4) is 0 Å². The summed E-state index contributed by atoms with van der Waals surface area (Å²) in [6.45, 7) is 8.71. The van der Waals surface area contributed by atoms with Crippen LogP contribution in [0.2, 0.25) is 0 Å². The van der Waals surface area contributed by atoms with Crippen LogP contribution in [0, 0.1) is 5.92 Å². The Kier molecular flexibility index (Phi) is 6.56. The fourth-order valence-electron chi connectivity index (χ4n) is 3.08. The van der Waals surface area contributed by atoms with Gasteiger partial charge in [-0.3, -0.25) is 0 Å². The van der Waals surface area contributed by atoms with E-state index in [2.05, 4.69) is 6.58 Å². The molecule has 0 saturated carbocycles. The van der Waals surface area contributed by atoms with Crippen molar-refractivity contribution in [2.24, 2.45) is 5.92 Å². The Morgan fingerprint density at radius 1 is 1.50 bits per heavy atom. The molecule has 0 aromatic rings. The van der Waals surface area contributed by atoms with Crippen LogP contribution in [0.1, 0.15) is 33.6 Å². The third-order valence-electron chi connectivity index (χ3n) is 4.92. The molecule has 0 unspecified atom stereocenters. The van der Waals surface area contributed by atoms with Crippen LogP contribution in [0.5, 0.6) is 0 Å². The minimum absolute atomic E-state index is 0.224. The molecule has 1 heterocycles. The molecule has 26 heavy (non-hydrogen) atoms. The van der Waals surface area contributed by atoms with E-state index in [1.165, 1.54) is 0 Å². The van der Waals surface area contributed by atoms with Crippen LogP contribution < -0.4 is 0 Å². The summed E-state index contributed by atoms with van der Waals surface area (Å²) in [5.74, 6) is -1.61. The zero-order valence-corrected chi connectivity index (χ0v) is 15.4. The van der Waals surface area contributed by atoms with Crippen LogP contribution in [-0.4, -0.2) is 47.1 Å². The molecule has 0 amide bonds. The zero-order valence-electron chi connectivity index (χ0n) is 15.4. The zero-order chi connectivity index (χ0) is 19.4. The van der Waals surface area contributed by atoms with Gasteiger partial charge in [0.05, 0.1) is 18.6 Å². The fourth-order valence-corrected chi connectivity index (χ4v) is 3.08. The van der Waals surface area contributed by atoms with Crippen LogP contribution in [0.25, 0.3) is 0 Å². The Hall–Kier alpha value is -2.18. The van der Waals surface area contributed by atoms with E-state index in [0.717, 1.165) is 0 Å². The van der Waals surface area contributed by atoms with E-state index in [0.29, 0.717) is 23.1 Å². The number of ether oxygens (including phenoxy) is 2. The molecule has 1 aliphatic carbocycles. The van der Waals surface area contributed by atoms with Crippen molar-refractivity contribution in [2.75, 3.05) is 6.61 Å². The van der Waals surface area contributed by atoms with Crippen LogP contribution >= 0.6 is 0 Å². The number of hydrogen-bond donors (Lipinski definition) is 2. The lowest BCUT2D eigenvalue weighted by Crippen LogP contribution is -2.34. The predicted octanol–water partition coefficient (Wildman–Crippen LogP) is 1.98. The number of esters is 2. The average Bonchev–Trinajstić information content (AvgIpc) is 2.89. The van der Waals surface area contributed by atoms with Crippen molar-refractivity contribution >= 4 is 11.9 Å². The van der Waals surface area contributed by atoms with E-state index in [4.69, 9.17) is 9.47 Å². The molecule has 142 valence electrons. The number of aliphatic hydroxyl groups excluding tert-OH is 2. The number of hydrogen-bond acceptors (Lipinski definition) is 6. The van der Waals surface area contributed by atoms with Gasteiger partial charge < -0.3 is 19.7 Å². The molecule has 6 heteroatoms. The first-order chi connectivity index (χ1) is 12.3. The maximum atomic E-state index is 12.3. The largest absolute Gasteiger partial charge is 0.458 e. The number of fused-ring (bicyclic) bond motifs is 1. The third kappa shape index (κ3) is 4.31. The van der Waals surface area contributed by atoms with E-state index in [-0.39, 0.29) is 18.6 Å². The maximum Gasteiger partial charge on any atom is 0.334 e. The molecule has 0 aromatic heterocycles. The maximum absolute atomic E-state index is 12.3. The highest BCUT2D eigenvalue weighted by Crippen LogP contribution is 2.36. The summed E-state index contributed by atoms with van der Waals surface area (Å²) in [6, 6.07) is 0. The van der Waals surface area contributed by atoms with E-state index >= 15 is 0 Å². The fraction of sp³-hybridized carbons (Fsp3) is 0.500. The highest BCUT2D eigenvalue weighted by Gasteiger charge is 2.44. The smallest absolute Gasteiger partial charge is 0.334 e. The number of carbonyl (C=O) groups is 2. The Labute approximate surface area is 153 Å². The molecule has 6 nitrogen and oxygen atoms in total. The van der Waals surface area contributed by atoms with Crippen molar-refractivity contribution in [3.63, 3.8) is 0 Å². The quantitative estimate of drug-likeness (QED) is 0.453.